The van der Waals surface area contributed by atoms with Gasteiger partial charge < -0.3 is 74.4 Å². The highest BCUT2D eigenvalue weighted by atomic mass is 16.7. The number of benzene rings is 2. The van der Waals surface area contributed by atoms with Crippen LogP contribution in [0.15, 0.2) is 45.6 Å². The Labute approximate surface area is 241 Å². The summed E-state index contributed by atoms with van der Waals surface area (Å²) in [6, 6.07) is 7.50. The molecule has 2 aromatic carbocycles. The normalized spacial score (nSPS) is 32.9. The monoisotopic (exact) mass is 610 g/mol. The van der Waals surface area contributed by atoms with Crippen LogP contribution in [-0.2, 0) is 9.47 Å². The van der Waals surface area contributed by atoms with E-state index in [0.29, 0.717) is 0 Å². The zero-order chi connectivity index (χ0) is 31.2. The molecule has 1 aromatic heterocycles. The van der Waals surface area contributed by atoms with Gasteiger partial charge in [0.1, 0.15) is 71.5 Å². The quantitative estimate of drug-likeness (QED) is 0.130. The van der Waals surface area contributed by atoms with Crippen LogP contribution in [0.5, 0.6) is 23.0 Å². The summed E-state index contributed by atoms with van der Waals surface area (Å²) in [5.74, 6) is -1.90. The second kappa shape index (κ2) is 12.2. The maximum atomic E-state index is 13.0. The van der Waals surface area contributed by atoms with E-state index in [-0.39, 0.29) is 17.1 Å². The summed E-state index contributed by atoms with van der Waals surface area (Å²) in [5.41, 5.74) is -0.936. The van der Waals surface area contributed by atoms with Gasteiger partial charge in [-0.15, -0.1) is 0 Å². The fraction of sp³-hybridized carbons (Fsp3) is 0.444. The predicted molar refractivity (Wildman–Crippen MR) is 140 cm³/mol. The van der Waals surface area contributed by atoms with Crippen molar-refractivity contribution in [1.82, 2.24) is 0 Å². The molecule has 10 atom stereocenters. The number of phenols is 2. The van der Waals surface area contributed by atoms with Crippen molar-refractivity contribution in [1.29, 1.82) is 0 Å². The first kappa shape index (κ1) is 30.9. The van der Waals surface area contributed by atoms with E-state index >= 15 is 0 Å². The molecule has 2 fully saturated rings. The van der Waals surface area contributed by atoms with E-state index in [0.717, 1.165) is 12.1 Å². The fourth-order valence-corrected chi connectivity index (χ4v) is 4.81. The van der Waals surface area contributed by atoms with E-state index in [2.05, 4.69) is 0 Å². The number of aromatic hydroxyl groups is 2. The van der Waals surface area contributed by atoms with Gasteiger partial charge in [0.25, 0.3) is 0 Å². The minimum Gasteiger partial charge on any atom is -0.507 e. The summed E-state index contributed by atoms with van der Waals surface area (Å²) < 4.78 is 27.6. The number of fused-ring (bicyclic) bond motifs is 1. The molecule has 0 radical (unpaired) electrons. The minimum absolute atomic E-state index is 0.0828. The molecule has 0 bridgehead atoms. The molecule has 0 spiro atoms. The van der Waals surface area contributed by atoms with Gasteiger partial charge in [-0.2, -0.15) is 0 Å². The fourth-order valence-electron chi connectivity index (χ4n) is 4.81. The van der Waals surface area contributed by atoms with Crippen LogP contribution in [0, 0.1) is 0 Å². The summed E-state index contributed by atoms with van der Waals surface area (Å²) in [6.45, 7) is -1.39. The lowest BCUT2D eigenvalue weighted by molar-refractivity contribution is -0.277. The van der Waals surface area contributed by atoms with Gasteiger partial charge >= 0.3 is 0 Å². The van der Waals surface area contributed by atoms with Crippen LogP contribution in [-0.4, -0.2) is 126 Å². The minimum atomic E-state index is -1.85. The smallest absolute Gasteiger partial charge is 0.229 e. The van der Waals surface area contributed by atoms with E-state index in [4.69, 9.17) is 23.4 Å². The largest absolute Gasteiger partial charge is 0.507 e. The first-order chi connectivity index (χ1) is 20.4. The Morgan fingerprint density at radius 3 is 1.74 bits per heavy atom. The average Bonchev–Trinajstić information content (AvgIpc) is 2.99. The first-order valence-corrected chi connectivity index (χ1v) is 13.0. The number of ether oxygens (including phenoxy) is 4. The van der Waals surface area contributed by atoms with Crippen LogP contribution in [0.25, 0.3) is 22.3 Å². The van der Waals surface area contributed by atoms with Crippen molar-refractivity contribution in [3.63, 3.8) is 0 Å². The van der Waals surface area contributed by atoms with Gasteiger partial charge in [0.15, 0.2) is 16.8 Å². The molecule has 5 rings (SSSR count). The van der Waals surface area contributed by atoms with Gasteiger partial charge in [-0.25, -0.2) is 0 Å². The number of hydrogen-bond donors (Lipinski definition) is 10. The number of hydrogen-bond acceptors (Lipinski definition) is 16. The third-order valence-electron chi connectivity index (χ3n) is 7.24. The van der Waals surface area contributed by atoms with E-state index in [1.807, 2.05) is 0 Å². The topological polar surface area (TPSA) is 269 Å². The summed E-state index contributed by atoms with van der Waals surface area (Å²) in [6.07, 6.45) is -15.9. The Morgan fingerprint density at radius 2 is 1.21 bits per heavy atom. The SMILES string of the molecule is O=c1cc(-c2ccc(OC3OC(CO)C(O)C(O)C3O)cc2)oc2c(OC3OC(CO)C(O)C(O)C3O)c(O)cc(O)c12. The molecular weight excluding hydrogens is 580 g/mol. The second-order valence-corrected chi connectivity index (χ2v) is 10.1. The molecule has 10 unspecified atom stereocenters. The molecule has 0 amide bonds. The van der Waals surface area contributed by atoms with Crippen molar-refractivity contribution in [2.75, 3.05) is 13.2 Å². The van der Waals surface area contributed by atoms with E-state index in [1.165, 1.54) is 24.3 Å². The number of aliphatic hydroxyl groups is 8. The highest BCUT2D eigenvalue weighted by Gasteiger charge is 2.46. The van der Waals surface area contributed by atoms with Crippen molar-refractivity contribution in [2.24, 2.45) is 0 Å². The van der Waals surface area contributed by atoms with Crippen molar-refractivity contribution in [3.8, 4) is 34.3 Å². The lowest BCUT2D eigenvalue weighted by Gasteiger charge is -2.39. The summed E-state index contributed by atoms with van der Waals surface area (Å²) >= 11 is 0. The van der Waals surface area contributed by atoms with Crippen LogP contribution in [0.2, 0.25) is 0 Å². The molecule has 2 saturated heterocycles. The third-order valence-corrected chi connectivity index (χ3v) is 7.24. The highest BCUT2D eigenvalue weighted by molar-refractivity contribution is 5.91. The number of phenolic OH excluding ortho intramolecular Hbond substituents is 2. The van der Waals surface area contributed by atoms with Crippen molar-refractivity contribution >= 4 is 11.0 Å². The molecule has 3 heterocycles. The Bertz CT molecular complexity index is 1490. The van der Waals surface area contributed by atoms with E-state index < -0.39 is 108 Å². The van der Waals surface area contributed by atoms with Crippen LogP contribution < -0.4 is 14.9 Å². The maximum Gasteiger partial charge on any atom is 0.229 e. The predicted octanol–water partition coefficient (Wildman–Crippen LogP) is -2.77. The molecule has 3 aromatic rings. The maximum absolute atomic E-state index is 13.0. The average molecular weight is 611 g/mol. The third kappa shape index (κ3) is 5.73. The van der Waals surface area contributed by atoms with E-state index in [1.54, 1.807) is 0 Å². The number of aliphatic hydroxyl groups excluding tert-OH is 8. The molecule has 43 heavy (non-hydrogen) atoms. The van der Waals surface area contributed by atoms with Gasteiger partial charge in [-0.3, -0.25) is 4.79 Å². The standard InChI is InChI=1S/C27H30O16/c28-7-15-18(33)20(35)22(37)26(41-15)39-10-3-1-9(2-4-10)14-6-12(31)17-11(30)5-13(32)24(25(17)40-14)43-27-23(38)21(36)19(34)16(8-29)42-27/h1-6,15-16,18-23,26-30,32-38H,7-8H2. The molecule has 0 saturated carbocycles. The van der Waals surface area contributed by atoms with Gasteiger partial charge in [0.2, 0.25) is 18.3 Å². The van der Waals surface area contributed by atoms with E-state index in [9.17, 15) is 55.9 Å². The Morgan fingerprint density at radius 1 is 0.674 bits per heavy atom. The number of rotatable bonds is 7. The molecule has 234 valence electrons. The Hall–Kier alpha value is -3.55. The van der Waals surface area contributed by atoms with Gasteiger partial charge in [-0.1, -0.05) is 0 Å². The Balaban J connectivity index is 1.45. The lowest BCUT2D eigenvalue weighted by Crippen LogP contribution is -2.60. The zero-order valence-corrected chi connectivity index (χ0v) is 22.1. The van der Waals surface area contributed by atoms with Gasteiger partial charge in [-0.05, 0) is 24.3 Å². The molecule has 2 aliphatic heterocycles. The Kier molecular flexibility index (Phi) is 8.77. The molecular formula is C27H30O16. The molecule has 16 nitrogen and oxygen atoms in total. The highest BCUT2D eigenvalue weighted by Crippen LogP contribution is 2.42. The molecule has 10 N–H and O–H groups in total. The zero-order valence-electron chi connectivity index (χ0n) is 22.1. The van der Waals surface area contributed by atoms with Crippen LogP contribution in [0.1, 0.15) is 0 Å². The molecule has 16 heteroatoms. The first-order valence-electron chi connectivity index (χ1n) is 13.0. The van der Waals surface area contributed by atoms with Crippen molar-refractivity contribution in [3.05, 3.63) is 46.6 Å². The van der Waals surface area contributed by atoms with Crippen molar-refractivity contribution < 1.29 is 74.4 Å². The lowest BCUT2D eigenvalue weighted by atomic mass is 9.99. The van der Waals surface area contributed by atoms with Crippen LogP contribution in [0.3, 0.4) is 0 Å². The molecule has 0 aliphatic carbocycles. The second-order valence-electron chi connectivity index (χ2n) is 10.1. The summed E-state index contributed by atoms with van der Waals surface area (Å²) in [4.78, 5) is 13.0. The van der Waals surface area contributed by atoms with Crippen molar-refractivity contribution in [2.45, 2.75) is 61.4 Å². The van der Waals surface area contributed by atoms with Crippen LogP contribution >= 0.6 is 0 Å². The summed E-state index contributed by atoms with van der Waals surface area (Å²) in [5, 5.41) is 99.9. The molecule has 2 aliphatic rings. The van der Waals surface area contributed by atoms with Crippen LogP contribution in [0.4, 0.5) is 0 Å². The van der Waals surface area contributed by atoms with Gasteiger partial charge in [0.05, 0.1) is 13.2 Å². The van der Waals surface area contributed by atoms with Gasteiger partial charge in [0, 0.05) is 17.7 Å². The summed E-state index contributed by atoms with van der Waals surface area (Å²) in [7, 11) is 0.